The van der Waals surface area contributed by atoms with Gasteiger partial charge in [-0.2, -0.15) is 13.2 Å². The van der Waals surface area contributed by atoms with E-state index in [1.54, 1.807) is 11.6 Å². The Morgan fingerprint density at radius 2 is 2.00 bits per heavy atom. The van der Waals surface area contributed by atoms with Gasteiger partial charge in [-0.15, -0.1) is 11.3 Å². The summed E-state index contributed by atoms with van der Waals surface area (Å²) in [4.78, 5) is 24.6. The normalized spacial score (nSPS) is 14.6. The number of hydrogen-bond acceptors (Lipinski definition) is 7. The summed E-state index contributed by atoms with van der Waals surface area (Å²) in [7, 11) is 1.13. The smallest absolute Gasteiger partial charge is 0.417 e. The number of rotatable bonds is 4. The Kier molecular flexibility index (Phi) is 5.19. The summed E-state index contributed by atoms with van der Waals surface area (Å²) >= 11 is 1.19. The largest absolute Gasteiger partial charge is 0.486 e. The van der Waals surface area contributed by atoms with Gasteiger partial charge in [0.1, 0.15) is 17.0 Å². The number of pyridine rings is 2. The van der Waals surface area contributed by atoms with Crippen LogP contribution >= 0.6 is 11.3 Å². The topological polar surface area (TPSA) is 100 Å². The number of thiazole rings is 1. The molecular weight excluding hydrogens is 447 g/mol. The maximum absolute atomic E-state index is 13.1. The van der Waals surface area contributed by atoms with Gasteiger partial charge in [-0.3, -0.25) is 9.88 Å². The van der Waals surface area contributed by atoms with E-state index in [4.69, 9.17) is 4.74 Å². The van der Waals surface area contributed by atoms with E-state index in [9.17, 15) is 23.1 Å². The first-order valence-corrected chi connectivity index (χ1v) is 10.3. The van der Waals surface area contributed by atoms with Crippen LogP contribution in [-0.4, -0.2) is 38.8 Å². The number of amides is 1. The predicted octanol–water partition coefficient (Wildman–Crippen LogP) is 5.19. The lowest BCUT2D eigenvalue weighted by Crippen LogP contribution is -2.25. The average molecular weight is 465 g/mol. The molecule has 1 aliphatic heterocycles. The Morgan fingerprint density at radius 3 is 2.69 bits per heavy atom. The van der Waals surface area contributed by atoms with Crippen LogP contribution in [-0.2, 0) is 12.6 Å². The number of halogens is 3. The van der Waals surface area contributed by atoms with Gasteiger partial charge in [-0.05, 0) is 26.0 Å². The molecule has 0 fully saturated rings. The second-order valence-corrected chi connectivity index (χ2v) is 8.67. The molecule has 0 saturated heterocycles. The number of ether oxygens (including phenoxy) is 1. The quantitative estimate of drug-likeness (QED) is 0.547. The fourth-order valence-corrected chi connectivity index (χ4v) is 3.96. The Hall–Kier alpha value is -3.41. The van der Waals surface area contributed by atoms with Crippen LogP contribution in [0.5, 0.6) is 5.75 Å². The van der Waals surface area contributed by atoms with Crippen molar-refractivity contribution >= 4 is 34.1 Å². The highest BCUT2D eigenvalue weighted by Crippen LogP contribution is 2.38. The highest BCUT2D eigenvalue weighted by molar-refractivity contribution is 7.14. The molecule has 2 N–H and O–H groups in total. The van der Waals surface area contributed by atoms with Gasteiger partial charge in [-0.1, -0.05) is 0 Å². The number of nitrogens with one attached hydrogen (secondary N) is 1. The lowest BCUT2D eigenvalue weighted by atomic mass is 10.0. The molecule has 8 nitrogen and oxygen atoms in total. The van der Waals surface area contributed by atoms with Crippen molar-refractivity contribution in [1.82, 2.24) is 15.0 Å². The molecule has 3 aromatic heterocycles. The van der Waals surface area contributed by atoms with Crippen LogP contribution in [0, 0.1) is 0 Å². The van der Waals surface area contributed by atoms with Crippen molar-refractivity contribution in [3.8, 4) is 17.1 Å². The van der Waals surface area contributed by atoms with Gasteiger partial charge in [0.05, 0.1) is 23.1 Å². The van der Waals surface area contributed by atoms with E-state index in [-0.39, 0.29) is 17.1 Å². The molecule has 0 aromatic carbocycles. The Balaban J connectivity index is 1.62. The molecule has 0 aliphatic carbocycles. The third kappa shape index (κ3) is 4.31. The number of anilines is 3. The zero-order chi connectivity index (χ0) is 23.3. The minimum atomic E-state index is -4.66. The minimum absolute atomic E-state index is 0.0686. The third-order valence-electron chi connectivity index (χ3n) is 4.79. The highest BCUT2D eigenvalue weighted by Gasteiger charge is 2.33. The van der Waals surface area contributed by atoms with E-state index < -0.39 is 17.8 Å². The molecule has 0 saturated carbocycles. The molecule has 1 amide bonds. The average Bonchev–Trinajstić information content (AvgIpc) is 3.28. The van der Waals surface area contributed by atoms with Gasteiger partial charge >= 0.3 is 12.3 Å². The Labute approximate surface area is 184 Å². The molecule has 4 heterocycles. The summed E-state index contributed by atoms with van der Waals surface area (Å²) in [5.74, 6) is 0.656. The molecule has 32 heavy (non-hydrogen) atoms. The molecule has 0 spiro atoms. The van der Waals surface area contributed by atoms with Crippen molar-refractivity contribution in [3.05, 3.63) is 41.0 Å². The maximum atomic E-state index is 13.1. The monoisotopic (exact) mass is 465 g/mol. The number of alkyl halides is 3. The summed E-state index contributed by atoms with van der Waals surface area (Å²) in [6.45, 7) is 3.97. The molecule has 0 radical (unpaired) electrons. The van der Waals surface area contributed by atoms with E-state index in [0.29, 0.717) is 27.6 Å². The molecule has 12 heteroatoms. The van der Waals surface area contributed by atoms with Crippen LogP contribution in [0.25, 0.3) is 11.4 Å². The van der Waals surface area contributed by atoms with Crippen molar-refractivity contribution in [2.24, 2.45) is 0 Å². The lowest BCUT2D eigenvalue weighted by Gasteiger charge is -2.18. The third-order valence-corrected chi connectivity index (χ3v) is 5.54. The zero-order valence-corrected chi connectivity index (χ0v) is 18.0. The second-order valence-electron chi connectivity index (χ2n) is 7.81. The zero-order valence-electron chi connectivity index (χ0n) is 17.2. The first-order chi connectivity index (χ1) is 14.9. The predicted molar refractivity (Wildman–Crippen MR) is 113 cm³/mol. The van der Waals surface area contributed by atoms with E-state index in [1.807, 2.05) is 19.9 Å². The van der Waals surface area contributed by atoms with Crippen LogP contribution in [0.2, 0.25) is 0 Å². The first-order valence-electron chi connectivity index (χ1n) is 9.38. The highest BCUT2D eigenvalue weighted by atomic mass is 32.1. The molecule has 0 bridgehead atoms. The molecule has 168 valence electrons. The number of nitrogens with zero attached hydrogens (tertiary/aromatic N) is 4. The SMILES string of the molecule is CN(C(=O)O)c1cc(C(F)(F)F)cnc1Nc1nc(-c2cc3c(cn2)OC(C)(C)C3)cs1. The fraction of sp³-hybridized carbons (Fsp3) is 0.300. The van der Waals surface area contributed by atoms with E-state index >= 15 is 0 Å². The van der Waals surface area contributed by atoms with Crippen molar-refractivity contribution < 1.29 is 27.8 Å². The summed E-state index contributed by atoms with van der Waals surface area (Å²) in [6.07, 6.45) is -3.08. The van der Waals surface area contributed by atoms with E-state index in [1.165, 1.54) is 11.3 Å². The van der Waals surface area contributed by atoms with Crippen molar-refractivity contribution in [2.45, 2.75) is 32.0 Å². The van der Waals surface area contributed by atoms with Crippen LogP contribution in [0.1, 0.15) is 25.0 Å². The van der Waals surface area contributed by atoms with E-state index in [0.717, 1.165) is 30.8 Å². The molecule has 1 aliphatic rings. The fourth-order valence-electron chi connectivity index (χ4n) is 3.26. The maximum Gasteiger partial charge on any atom is 0.417 e. The van der Waals surface area contributed by atoms with Crippen molar-refractivity contribution in [1.29, 1.82) is 0 Å². The standard InChI is InChI=1S/C20H18F3N5O3S/c1-19(2)6-10-4-12(24-8-15(10)31-19)13-9-32-17(26-13)27-16-14(28(3)18(29)30)5-11(7-25-16)20(21,22)23/h4-5,7-9H,6H2,1-3H3,(H,29,30)(H,25,26,27). The van der Waals surface area contributed by atoms with Crippen LogP contribution in [0.15, 0.2) is 29.9 Å². The Morgan fingerprint density at radius 1 is 1.25 bits per heavy atom. The first kappa shape index (κ1) is 21.8. The summed E-state index contributed by atoms with van der Waals surface area (Å²) in [5.41, 5.74) is 0.579. The molecule has 0 atom stereocenters. The second kappa shape index (κ2) is 7.62. The number of aromatic nitrogens is 3. The van der Waals surface area contributed by atoms with Crippen molar-refractivity contribution in [2.75, 3.05) is 17.3 Å². The molecule has 3 aromatic rings. The van der Waals surface area contributed by atoms with Crippen LogP contribution < -0.4 is 15.0 Å². The summed E-state index contributed by atoms with van der Waals surface area (Å²) in [6, 6.07) is 2.62. The van der Waals surface area contributed by atoms with Gasteiger partial charge in [-0.25, -0.2) is 14.8 Å². The number of hydrogen-bond donors (Lipinski definition) is 2. The summed E-state index contributed by atoms with van der Waals surface area (Å²) < 4.78 is 45.0. The number of fused-ring (bicyclic) bond motifs is 1. The molecular formula is C20H18F3N5O3S. The summed E-state index contributed by atoms with van der Waals surface area (Å²) in [5, 5.41) is 14.1. The van der Waals surface area contributed by atoms with Gasteiger partial charge in [0.2, 0.25) is 0 Å². The van der Waals surface area contributed by atoms with Crippen LogP contribution in [0.4, 0.5) is 34.6 Å². The van der Waals surface area contributed by atoms with Gasteiger partial charge in [0, 0.05) is 30.6 Å². The van der Waals surface area contributed by atoms with E-state index in [2.05, 4.69) is 20.3 Å². The van der Waals surface area contributed by atoms with Crippen molar-refractivity contribution in [3.63, 3.8) is 0 Å². The Bertz CT molecular complexity index is 1200. The lowest BCUT2D eigenvalue weighted by molar-refractivity contribution is -0.137. The number of carbonyl (C=O) groups is 1. The van der Waals surface area contributed by atoms with Gasteiger partial charge in [0.25, 0.3) is 0 Å². The molecule has 0 unspecified atom stereocenters. The van der Waals surface area contributed by atoms with Crippen LogP contribution in [0.3, 0.4) is 0 Å². The van der Waals surface area contributed by atoms with Gasteiger partial charge in [0.15, 0.2) is 10.9 Å². The molecule has 4 rings (SSSR count). The minimum Gasteiger partial charge on any atom is -0.486 e. The van der Waals surface area contributed by atoms with Gasteiger partial charge < -0.3 is 15.2 Å². The number of carboxylic acid groups (broad SMARTS) is 1.